The number of rotatable bonds is 6. The van der Waals surface area contributed by atoms with Gasteiger partial charge in [-0.25, -0.2) is 4.98 Å². The minimum atomic E-state index is -0.264. The first-order valence-electron chi connectivity index (χ1n) is 11.8. The van der Waals surface area contributed by atoms with E-state index in [2.05, 4.69) is 9.38 Å². The Balaban J connectivity index is 1.46. The number of amides is 1. The lowest BCUT2D eigenvalue weighted by Crippen LogP contribution is -2.43. The highest BCUT2D eigenvalue weighted by Gasteiger charge is 2.32. The summed E-state index contributed by atoms with van der Waals surface area (Å²) in [5.41, 5.74) is 3.79. The number of carbonyl (C=O) groups excluding carboxylic acids is 2. The van der Waals surface area contributed by atoms with Crippen molar-refractivity contribution in [3.8, 4) is 11.5 Å². The molecule has 2 unspecified atom stereocenters. The van der Waals surface area contributed by atoms with Crippen LogP contribution in [0.5, 0.6) is 11.5 Å². The maximum Gasteiger partial charge on any atom is 0.310 e. The van der Waals surface area contributed by atoms with Gasteiger partial charge in [-0.15, -0.1) is 0 Å². The number of nitrogens with zero attached hydrogens (tertiary/aromatic N) is 3. The number of esters is 1. The number of piperidine rings is 1. The molecule has 3 aromatic rings. The summed E-state index contributed by atoms with van der Waals surface area (Å²) in [4.78, 5) is 32.2. The van der Waals surface area contributed by atoms with Crippen molar-refractivity contribution in [2.75, 3.05) is 26.5 Å². The molecule has 2 atom stereocenters. The van der Waals surface area contributed by atoms with E-state index in [1.54, 1.807) is 11.8 Å². The van der Waals surface area contributed by atoms with Crippen LogP contribution in [0.3, 0.4) is 0 Å². The predicted molar refractivity (Wildman–Crippen MR) is 125 cm³/mol. The van der Waals surface area contributed by atoms with Crippen molar-refractivity contribution in [1.82, 2.24) is 14.3 Å². The Morgan fingerprint density at radius 1 is 1.21 bits per heavy atom. The van der Waals surface area contributed by atoms with Crippen LogP contribution >= 0.6 is 0 Å². The fourth-order valence-electron chi connectivity index (χ4n) is 4.96. The van der Waals surface area contributed by atoms with Gasteiger partial charge in [-0.1, -0.05) is 12.1 Å². The van der Waals surface area contributed by atoms with Crippen molar-refractivity contribution in [2.45, 2.75) is 39.0 Å². The third-order valence-corrected chi connectivity index (χ3v) is 6.68. The highest BCUT2D eigenvalue weighted by molar-refractivity contribution is 5.80. The van der Waals surface area contributed by atoms with Gasteiger partial charge in [0.2, 0.25) is 12.7 Å². The summed E-state index contributed by atoms with van der Waals surface area (Å²) >= 11 is 0. The first-order valence-corrected chi connectivity index (χ1v) is 11.8. The molecule has 8 heteroatoms. The van der Waals surface area contributed by atoms with Crippen LogP contribution in [0, 0.1) is 12.8 Å². The van der Waals surface area contributed by atoms with Crippen molar-refractivity contribution < 1.29 is 23.8 Å². The minimum Gasteiger partial charge on any atom is -0.466 e. The van der Waals surface area contributed by atoms with E-state index in [-0.39, 0.29) is 36.9 Å². The Bertz CT molecular complexity index is 1220. The number of aryl methyl sites for hydroxylation is 1. The molecule has 1 aromatic carbocycles. The molecule has 2 aliphatic heterocycles. The molecule has 0 spiro atoms. The standard InChI is InChI=1S/C26H29N3O5/c1-3-32-26(31)19-7-5-11-28(15-19)25(30)13-20(18-9-10-22-23(12-18)34-16-33-22)21-14-27-24-8-4-6-17(2)29(21)24/h4,6,8-10,12,14,19-20H,3,5,7,11,13,15-16H2,1-2H3. The number of ether oxygens (including phenoxy) is 3. The van der Waals surface area contributed by atoms with E-state index in [1.165, 1.54) is 0 Å². The molecule has 0 bridgehead atoms. The molecule has 0 radical (unpaired) electrons. The summed E-state index contributed by atoms with van der Waals surface area (Å²) in [6.45, 7) is 5.43. The average Bonchev–Trinajstić information content (AvgIpc) is 3.50. The molecule has 2 aromatic heterocycles. The van der Waals surface area contributed by atoms with E-state index < -0.39 is 0 Å². The van der Waals surface area contributed by atoms with Crippen LogP contribution < -0.4 is 9.47 Å². The molecule has 34 heavy (non-hydrogen) atoms. The SMILES string of the molecule is CCOC(=O)C1CCCN(C(=O)CC(c2ccc3c(c2)OCO3)c2cnc3cccc(C)n23)C1. The van der Waals surface area contributed by atoms with Crippen molar-refractivity contribution in [3.05, 3.63) is 59.5 Å². The average molecular weight is 464 g/mol. The Morgan fingerprint density at radius 3 is 2.91 bits per heavy atom. The molecule has 8 nitrogen and oxygen atoms in total. The Kier molecular flexibility index (Phi) is 6.13. The van der Waals surface area contributed by atoms with Gasteiger partial charge in [0, 0.05) is 37.3 Å². The van der Waals surface area contributed by atoms with E-state index in [4.69, 9.17) is 14.2 Å². The van der Waals surface area contributed by atoms with Crippen molar-refractivity contribution in [1.29, 1.82) is 0 Å². The quantitative estimate of drug-likeness (QED) is 0.519. The van der Waals surface area contributed by atoms with Gasteiger partial charge in [0.15, 0.2) is 11.5 Å². The number of pyridine rings is 1. The van der Waals surface area contributed by atoms with Crippen LogP contribution in [0.4, 0.5) is 0 Å². The molecule has 1 fully saturated rings. The molecule has 4 heterocycles. The molecule has 1 saturated heterocycles. The molecule has 178 valence electrons. The van der Waals surface area contributed by atoms with E-state index in [0.717, 1.165) is 35.4 Å². The minimum absolute atomic E-state index is 0.0141. The molecule has 5 rings (SSSR count). The third-order valence-electron chi connectivity index (χ3n) is 6.68. The van der Waals surface area contributed by atoms with Crippen LogP contribution in [0.1, 0.15) is 49.1 Å². The molecular weight excluding hydrogens is 434 g/mol. The molecular formula is C26H29N3O5. The van der Waals surface area contributed by atoms with Crippen molar-refractivity contribution >= 4 is 17.5 Å². The Labute approximate surface area is 198 Å². The zero-order valence-electron chi connectivity index (χ0n) is 19.5. The smallest absolute Gasteiger partial charge is 0.310 e. The van der Waals surface area contributed by atoms with Gasteiger partial charge in [0.25, 0.3) is 0 Å². The first-order chi connectivity index (χ1) is 16.5. The third kappa shape index (κ3) is 4.20. The summed E-state index contributed by atoms with van der Waals surface area (Å²) in [6, 6.07) is 11.8. The second kappa shape index (κ2) is 9.37. The summed E-state index contributed by atoms with van der Waals surface area (Å²) in [6.07, 6.45) is 3.65. The van der Waals surface area contributed by atoms with Crippen molar-refractivity contribution in [3.63, 3.8) is 0 Å². The summed E-state index contributed by atoms with van der Waals surface area (Å²) < 4.78 is 18.4. The summed E-state index contributed by atoms with van der Waals surface area (Å²) in [5.74, 6) is 0.683. The van der Waals surface area contributed by atoms with Crippen LogP contribution in [0.25, 0.3) is 5.65 Å². The normalized spacial score (nSPS) is 18.2. The highest BCUT2D eigenvalue weighted by atomic mass is 16.7. The molecule has 2 aliphatic rings. The largest absolute Gasteiger partial charge is 0.466 e. The van der Waals surface area contributed by atoms with Gasteiger partial charge in [0.05, 0.1) is 18.2 Å². The van der Waals surface area contributed by atoms with Gasteiger partial charge in [0.1, 0.15) is 5.65 Å². The van der Waals surface area contributed by atoms with Gasteiger partial charge in [-0.05, 0) is 56.5 Å². The number of aromatic nitrogens is 2. The van der Waals surface area contributed by atoms with Crippen LogP contribution in [-0.2, 0) is 14.3 Å². The summed E-state index contributed by atoms with van der Waals surface area (Å²) in [7, 11) is 0. The number of imidazole rings is 1. The van der Waals surface area contributed by atoms with E-state index in [9.17, 15) is 9.59 Å². The number of hydrogen-bond acceptors (Lipinski definition) is 6. The number of carbonyl (C=O) groups is 2. The highest BCUT2D eigenvalue weighted by Crippen LogP contribution is 2.38. The fraction of sp³-hybridized carbons (Fsp3) is 0.423. The number of hydrogen-bond donors (Lipinski definition) is 0. The fourth-order valence-corrected chi connectivity index (χ4v) is 4.96. The second-order valence-electron chi connectivity index (χ2n) is 8.84. The maximum atomic E-state index is 13.5. The van der Waals surface area contributed by atoms with Crippen LogP contribution in [0.15, 0.2) is 42.6 Å². The lowest BCUT2D eigenvalue weighted by Gasteiger charge is -2.32. The maximum absolute atomic E-state index is 13.5. The number of fused-ring (bicyclic) bond motifs is 2. The molecule has 0 aliphatic carbocycles. The van der Waals surface area contributed by atoms with Crippen LogP contribution in [0.2, 0.25) is 0 Å². The lowest BCUT2D eigenvalue weighted by molar-refractivity contribution is -0.151. The zero-order chi connectivity index (χ0) is 23.7. The topological polar surface area (TPSA) is 82.4 Å². The van der Waals surface area contributed by atoms with Gasteiger partial charge < -0.3 is 23.5 Å². The number of benzene rings is 1. The summed E-state index contributed by atoms with van der Waals surface area (Å²) in [5, 5.41) is 0. The van der Waals surface area contributed by atoms with E-state index in [1.807, 2.05) is 49.5 Å². The Hall–Kier alpha value is -3.55. The monoisotopic (exact) mass is 463 g/mol. The van der Waals surface area contributed by atoms with Crippen molar-refractivity contribution in [2.24, 2.45) is 5.92 Å². The number of likely N-dealkylation sites (tertiary alicyclic amines) is 1. The van der Waals surface area contributed by atoms with Crippen LogP contribution in [-0.4, -0.2) is 52.7 Å². The predicted octanol–water partition coefficient (Wildman–Crippen LogP) is 3.70. The van der Waals surface area contributed by atoms with Gasteiger partial charge in [-0.3, -0.25) is 9.59 Å². The first kappa shape index (κ1) is 22.3. The molecule has 1 amide bonds. The van der Waals surface area contributed by atoms with E-state index >= 15 is 0 Å². The van der Waals surface area contributed by atoms with Gasteiger partial charge >= 0.3 is 5.97 Å². The van der Waals surface area contributed by atoms with Gasteiger partial charge in [-0.2, -0.15) is 0 Å². The molecule has 0 N–H and O–H groups in total. The zero-order valence-corrected chi connectivity index (χ0v) is 19.5. The van der Waals surface area contributed by atoms with E-state index in [0.29, 0.717) is 31.2 Å². The lowest BCUT2D eigenvalue weighted by atomic mass is 9.90. The second-order valence-corrected chi connectivity index (χ2v) is 8.84. The Morgan fingerprint density at radius 2 is 2.06 bits per heavy atom. The molecule has 0 saturated carbocycles.